The first-order valence-electron chi connectivity index (χ1n) is 25.5. The quantitative estimate of drug-likeness (QED) is 0.0428. The summed E-state index contributed by atoms with van der Waals surface area (Å²) in [7, 11) is 0.891. The molecule has 0 amide bonds. The van der Waals surface area contributed by atoms with E-state index in [1.807, 2.05) is 0 Å². The zero-order chi connectivity index (χ0) is 38.1. The van der Waals surface area contributed by atoms with Crippen molar-refractivity contribution < 1.29 is 0 Å². The van der Waals surface area contributed by atoms with E-state index in [9.17, 15) is 0 Å². The molecule has 0 aliphatic carbocycles. The predicted octanol–water partition coefficient (Wildman–Crippen LogP) is 20.7. The van der Waals surface area contributed by atoms with Crippen molar-refractivity contribution in [1.29, 1.82) is 0 Å². The second-order valence-electron chi connectivity index (χ2n) is 17.4. The third-order valence-electron chi connectivity index (χ3n) is 11.9. The summed E-state index contributed by atoms with van der Waals surface area (Å²) >= 11 is 0. The fourth-order valence-electron chi connectivity index (χ4n) is 8.10. The number of allylic oxidation sites excluding steroid dienone is 2. The Labute approximate surface area is 340 Å². The van der Waals surface area contributed by atoms with Crippen molar-refractivity contribution in [3.63, 3.8) is 0 Å². The van der Waals surface area contributed by atoms with E-state index in [-0.39, 0.29) is 0 Å². The van der Waals surface area contributed by atoms with Gasteiger partial charge in [0.1, 0.15) is 0 Å². The molecule has 0 fully saturated rings. The number of hydrogen-bond acceptors (Lipinski definition) is 0. The van der Waals surface area contributed by atoms with E-state index < -0.39 is 0 Å². The third kappa shape index (κ3) is 51.9. The van der Waals surface area contributed by atoms with Gasteiger partial charge in [-0.1, -0.05) is 316 Å². The molecule has 0 spiro atoms. The Bertz CT molecular complexity index is 608. The van der Waals surface area contributed by atoms with Gasteiger partial charge in [-0.3, -0.25) is 0 Å². The van der Waals surface area contributed by atoms with Gasteiger partial charge in [0, 0.05) is 0 Å². The molecule has 0 radical (unpaired) electrons. The van der Waals surface area contributed by atoms with Gasteiger partial charge in [0.05, 0.1) is 0 Å². The van der Waals surface area contributed by atoms with Crippen molar-refractivity contribution in [2.75, 3.05) is 0 Å². The highest BCUT2D eigenvalue weighted by molar-refractivity contribution is 7.45. The number of unbranched alkanes of at least 4 members (excludes halogenated alkanes) is 44. The molecular weight excluding hydrogens is 656 g/mol. The Morgan fingerprint density at radius 2 is 0.358 bits per heavy atom. The molecule has 0 aliphatic rings. The van der Waals surface area contributed by atoms with Crippen LogP contribution in [-0.4, -0.2) is 0 Å². The highest BCUT2D eigenvalue weighted by Crippen LogP contribution is 2.19. The van der Waals surface area contributed by atoms with Crippen molar-refractivity contribution in [2.45, 2.75) is 309 Å². The van der Waals surface area contributed by atoms with Gasteiger partial charge in [-0.05, 0) is 25.7 Å². The maximum Gasteiger partial charge on any atom is -0.0347 e. The van der Waals surface area contributed by atoms with Crippen LogP contribution in [0, 0.1) is 0 Å². The minimum atomic E-state index is 0.891. The van der Waals surface area contributed by atoms with Crippen LogP contribution in [0.3, 0.4) is 0 Å². The largest absolute Gasteiger partial charge is 0.0840 e. The van der Waals surface area contributed by atoms with E-state index in [1.54, 1.807) is 0 Å². The van der Waals surface area contributed by atoms with Gasteiger partial charge >= 0.3 is 0 Å². The van der Waals surface area contributed by atoms with Gasteiger partial charge in [0.15, 0.2) is 0 Å². The first-order valence-corrected chi connectivity index (χ1v) is 26.6. The van der Waals surface area contributed by atoms with E-state index in [0.29, 0.717) is 0 Å². The highest BCUT2D eigenvalue weighted by Gasteiger charge is 1.98. The minimum absolute atomic E-state index is 0.891. The molecule has 1 heteroatoms. The second kappa shape index (κ2) is 51.9. The summed E-state index contributed by atoms with van der Waals surface area (Å²) in [5.41, 5.74) is 0. The molecule has 0 aromatic carbocycles. The minimum Gasteiger partial charge on any atom is -0.0840 e. The molecule has 0 nitrogen and oxygen atoms in total. The first kappa shape index (κ1) is 52.9. The Balaban J connectivity index is 3.14. The average molecular weight is 759 g/mol. The lowest BCUT2D eigenvalue weighted by Crippen LogP contribution is -1.84. The fraction of sp³-hybridized carbons (Fsp3) is 0.923. The van der Waals surface area contributed by atoms with Crippen molar-refractivity contribution in [3.05, 3.63) is 23.8 Å². The van der Waals surface area contributed by atoms with Gasteiger partial charge in [-0.15, -0.1) is 0 Å². The summed E-state index contributed by atoms with van der Waals surface area (Å²) in [4.78, 5) is 0. The smallest absolute Gasteiger partial charge is 0.0347 e. The summed E-state index contributed by atoms with van der Waals surface area (Å²) in [6.45, 7) is 4.62. The zero-order valence-electron chi connectivity index (χ0n) is 37.3. The number of rotatable bonds is 48. The normalized spacial score (nSPS) is 12.0. The fourth-order valence-corrected chi connectivity index (χ4v) is 8.82. The molecule has 0 atom stereocenters. The van der Waals surface area contributed by atoms with Crippen LogP contribution in [0.25, 0.3) is 0 Å². The van der Waals surface area contributed by atoms with Crippen LogP contribution < -0.4 is 0 Å². The summed E-state index contributed by atoms with van der Waals surface area (Å²) in [5, 5.41) is 0. The van der Waals surface area contributed by atoms with Crippen LogP contribution in [-0.2, 0) is 0 Å². The molecule has 0 aromatic rings. The summed E-state index contributed by atoms with van der Waals surface area (Å²) < 4.78 is 0. The topological polar surface area (TPSA) is 0 Å². The van der Waals surface area contributed by atoms with E-state index in [4.69, 9.17) is 0 Å². The van der Waals surface area contributed by atoms with Crippen LogP contribution in [0.5, 0.6) is 0 Å². The van der Waals surface area contributed by atoms with Crippen LogP contribution >= 0.6 is 8.58 Å². The standard InChI is InChI=1S/C52H103P/c1-3-5-7-9-11-13-15-17-19-21-23-25-27-29-31-33-35-37-39-41-43-45-47-49-51-53-52-50-48-46-44-42-40-38-36-34-32-30-28-26-24-22-20-18-16-14-12-10-8-6-4-2/h49-53H,3-48H2,1-2H3/b51-49+,52-50+. The molecule has 0 unspecified atom stereocenters. The SMILES string of the molecule is CCCCCCCCCCCCCCCCCCCCCCCC/C=C/P/C=C/CCCCCCCCCCCCCCCCCCCCCCCC. The van der Waals surface area contributed by atoms with Crippen LogP contribution in [0.2, 0.25) is 0 Å². The average Bonchev–Trinajstić information content (AvgIpc) is 3.17. The van der Waals surface area contributed by atoms with Crippen LogP contribution in [0.4, 0.5) is 0 Å². The van der Waals surface area contributed by atoms with Crippen molar-refractivity contribution in [1.82, 2.24) is 0 Å². The maximum absolute atomic E-state index is 2.44. The number of hydrogen-bond donors (Lipinski definition) is 0. The van der Waals surface area contributed by atoms with Crippen molar-refractivity contribution in [3.8, 4) is 0 Å². The molecule has 0 heterocycles. The second-order valence-corrected chi connectivity index (χ2v) is 18.4. The van der Waals surface area contributed by atoms with Crippen molar-refractivity contribution in [2.24, 2.45) is 0 Å². The van der Waals surface area contributed by atoms with Crippen LogP contribution in [0.1, 0.15) is 309 Å². The highest BCUT2D eigenvalue weighted by atomic mass is 31.1. The molecule has 0 saturated heterocycles. The molecule has 0 N–H and O–H groups in total. The lowest BCUT2D eigenvalue weighted by Gasteiger charge is -2.04. The van der Waals surface area contributed by atoms with E-state index in [1.165, 1.54) is 295 Å². The van der Waals surface area contributed by atoms with Gasteiger partial charge in [0.25, 0.3) is 0 Å². The lowest BCUT2D eigenvalue weighted by molar-refractivity contribution is 0.519. The van der Waals surface area contributed by atoms with E-state index in [2.05, 4.69) is 37.6 Å². The summed E-state index contributed by atoms with van der Waals surface area (Å²) in [6.07, 6.45) is 72.0. The molecule has 0 rings (SSSR count). The zero-order valence-corrected chi connectivity index (χ0v) is 38.3. The van der Waals surface area contributed by atoms with Crippen molar-refractivity contribution >= 4 is 8.58 Å². The predicted molar refractivity (Wildman–Crippen MR) is 250 cm³/mol. The van der Waals surface area contributed by atoms with Gasteiger partial charge < -0.3 is 0 Å². The monoisotopic (exact) mass is 759 g/mol. The third-order valence-corrected chi connectivity index (χ3v) is 12.7. The van der Waals surface area contributed by atoms with Gasteiger partial charge in [-0.25, -0.2) is 0 Å². The Morgan fingerprint density at radius 3 is 0.528 bits per heavy atom. The summed E-state index contributed by atoms with van der Waals surface area (Å²) in [6, 6.07) is 0. The molecule has 0 saturated carbocycles. The first-order chi connectivity index (χ1) is 26.4. The van der Waals surface area contributed by atoms with Crippen LogP contribution in [0.15, 0.2) is 23.8 Å². The molecule has 316 valence electrons. The summed E-state index contributed by atoms with van der Waals surface area (Å²) in [5.74, 6) is 4.85. The molecule has 53 heavy (non-hydrogen) atoms. The van der Waals surface area contributed by atoms with Gasteiger partial charge in [-0.2, -0.15) is 0 Å². The van der Waals surface area contributed by atoms with E-state index in [0.717, 1.165) is 8.58 Å². The van der Waals surface area contributed by atoms with Gasteiger partial charge in [0.2, 0.25) is 0 Å². The molecular formula is C52H103P. The molecule has 0 bridgehead atoms. The Kier molecular flexibility index (Phi) is 51.8. The molecule has 0 aliphatic heterocycles. The lowest BCUT2D eigenvalue weighted by atomic mass is 10.0. The molecule has 0 aromatic heterocycles. The Hall–Kier alpha value is -0.0900. The van der Waals surface area contributed by atoms with E-state index >= 15 is 0 Å². The Morgan fingerprint density at radius 1 is 0.208 bits per heavy atom. The maximum atomic E-state index is 2.44.